The van der Waals surface area contributed by atoms with Gasteiger partial charge in [0.25, 0.3) is 0 Å². The van der Waals surface area contributed by atoms with Crippen LogP contribution in [0.2, 0.25) is 0 Å². The van der Waals surface area contributed by atoms with Crippen LogP contribution in [0.5, 0.6) is 0 Å². The molecule has 0 aromatic heterocycles. The molecule has 0 amide bonds. The highest BCUT2D eigenvalue weighted by Crippen LogP contribution is 2.21. The lowest BCUT2D eigenvalue weighted by atomic mass is 10.0. The van der Waals surface area contributed by atoms with Gasteiger partial charge in [0.2, 0.25) is 0 Å². The van der Waals surface area contributed by atoms with Gasteiger partial charge in [-0.1, -0.05) is 32.0 Å². The summed E-state index contributed by atoms with van der Waals surface area (Å²) < 4.78 is 13.7. The van der Waals surface area contributed by atoms with Crippen molar-refractivity contribution < 1.29 is 4.39 Å². The van der Waals surface area contributed by atoms with Gasteiger partial charge < -0.3 is 5.32 Å². The third-order valence-corrected chi connectivity index (χ3v) is 4.01. The van der Waals surface area contributed by atoms with Crippen molar-refractivity contribution in [3.05, 3.63) is 35.6 Å². The second kappa shape index (κ2) is 8.54. The second-order valence-corrected chi connectivity index (χ2v) is 5.93. The monoisotopic (exact) mass is 269 g/mol. The summed E-state index contributed by atoms with van der Waals surface area (Å²) in [5.74, 6) is 2.22. The van der Waals surface area contributed by atoms with Crippen molar-refractivity contribution >= 4 is 11.8 Å². The predicted octanol–water partition coefficient (Wildman–Crippen LogP) is 4.40. The third-order valence-electron chi connectivity index (χ3n) is 3.07. The number of hydrogen-bond donors (Lipinski definition) is 1. The van der Waals surface area contributed by atoms with Gasteiger partial charge in [-0.25, -0.2) is 4.39 Å². The number of nitrogens with one attached hydrogen (secondary N) is 1. The standard InChI is InChI=1S/C15H24FNS/c1-4-15(13-8-6-7-9-14(13)16)17-12(3)10-11-18-5-2/h6-9,12,15,17H,4-5,10-11H2,1-3H3. The molecule has 1 nitrogen and oxygen atoms in total. The summed E-state index contributed by atoms with van der Waals surface area (Å²) >= 11 is 1.96. The highest BCUT2D eigenvalue weighted by atomic mass is 32.2. The molecule has 1 aromatic carbocycles. The molecule has 18 heavy (non-hydrogen) atoms. The quantitative estimate of drug-likeness (QED) is 0.702. The van der Waals surface area contributed by atoms with Crippen LogP contribution in [-0.2, 0) is 0 Å². The van der Waals surface area contributed by atoms with E-state index in [1.54, 1.807) is 6.07 Å². The van der Waals surface area contributed by atoms with E-state index in [4.69, 9.17) is 0 Å². The number of thioether (sulfide) groups is 1. The van der Waals surface area contributed by atoms with Crippen LogP contribution < -0.4 is 5.32 Å². The molecule has 3 heteroatoms. The Morgan fingerprint density at radius 2 is 2.00 bits per heavy atom. The molecular weight excluding hydrogens is 245 g/mol. The molecule has 0 saturated heterocycles. The van der Waals surface area contributed by atoms with E-state index in [9.17, 15) is 4.39 Å². The molecular formula is C15H24FNS. The van der Waals surface area contributed by atoms with E-state index in [-0.39, 0.29) is 11.9 Å². The Bertz CT molecular complexity index is 343. The lowest BCUT2D eigenvalue weighted by Gasteiger charge is -2.23. The molecule has 2 unspecified atom stereocenters. The molecule has 0 saturated carbocycles. The van der Waals surface area contributed by atoms with Crippen LogP contribution in [0.4, 0.5) is 4.39 Å². The van der Waals surface area contributed by atoms with Crippen molar-refractivity contribution in [2.24, 2.45) is 0 Å². The van der Waals surface area contributed by atoms with E-state index in [0.29, 0.717) is 6.04 Å². The summed E-state index contributed by atoms with van der Waals surface area (Å²) in [6, 6.07) is 7.61. The predicted molar refractivity (Wildman–Crippen MR) is 79.6 cm³/mol. The van der Waals surface area contributed by atoms with Crippen molar-refractivity contribution in [3.63, 3.8) is 0 Å². The van der Waals surface area contributed by atoms with Crippen molar-refractivity contribution in [1.82, 2.24) is 5.32 Å². The van der Waals surface area contributed by atoms with E-state index < -0.39 is 0 Å². The second-order valence-electron chi connectivity index (χ2n) is 4.54. The fourth-order valence-corrected chi connectivity index (χ4v) is 2.83. The van der Waals surface area contributed by atoms with E-state index in [1.165, 1.54) is 11.8 Å². The van der Waals surface area contributed by atoms with Crippen molar-refractivity contribution in [2.75, 3.05) is 11.5 Å². The zero-order valence-corrected chi connectivity index (χ0v) is 12.4. The van der Waals surface area contributed by atoms with Gasteiger partial charge in [-0.15, -0.1) is 0 Å². The zero-order chi connectivity index (χ0) is 13.4. The Morgan fingerprint density at radius 3 is 2.61 bits per heavy atom. The molecule has 0 fully saturated rings. The summed E-state index contributed by atoms with van der Waals surface area (Å²) in [7, 11) is 0. The maximum atomic E-state index is 13.7. The lowest BCUT2D eigenvalue weighted by Crippen LogP contribution is -2.31. The first-order valence-electron chi connectivity index (χ1n) is 6.77. The first-order valence-corrected chi connectivity index (χ1v) is 7.92. The maximum absolute atomic E-state index is 13.7. The molecule has 0 bridgehead atoms. The highest BCUT2D eigenvalue weighted by molar-refractivity contribution is 7.99. The first-order chi connectivity index (χ1) is 8.69. The van der Waals surface area contributed by atoms with Gasteiger partial charge in [0, 0.05) is 17.6 Å². The van der Waals surface area contributed by atoms with Crippen LogP contribution in [0.25, 0.3) is 0 Å². The molecule has 0 aliphatic heterocycles. The van der Waals surface area contributed by atoms with Gasteiger partial charge in [-0.3, -0.25) is 0 Å². The fraction of sp³-hybridized carbons (Fsp3) is 0.600. The van der Waals surface area contributed by atoms with Gasteiger partial charge in [-0.05, 0) is 37.3 Å². The molecule has 1 N–H and O–H groups in total. The summed E-state index contributed by atoms with van der Waals surface area (Å²) in [5, 5.41) is 3.53. The Kier molecular flexibility index (Phi) is 7.36. The molecule has 0 aliphatic carbocycles. The average Bonchev–Trinajstić information content (AvgIpc) is 2.37. The minimum atomic E-state index is -0.105. The number of rotatable bonds is 8. The number of benzene rings is 1. The highest BCUT2D eigenvalue weighted by Gasteiger charge is 2.15. The average molecular weight is 269 g/mol. The summed E-state index contributed by atoms with van der Waals surface area (Å²) in [6.45, 7) is 6.45. The van der Waals surface area contributed by atoms with Crippen molar-refractivity contribution in [1.29, 1.82) is 0 Å². The molecule has 2 atom stereocenters. The number of halogens is 1. The summed E-state index contributed by atoms with van der Waals surface area (Å²) in [4.78, 5) is 0. The minimum Gasteiger partial charge on any atom is -0.307 e. The third kappa shape index (κ3) is 4.99. The summed E-state index contributed by atoms with van der Waals surface area (Å²) in [5.41, 5.74) is 0.787. The van der Waals surface area contributed by atoms with E-state index in [1.807, 2.05) is 23.9 Å². The molecule has 0 radical (unpaired) electrons. The topological polar surface area (TPSA) is 12.0 Å². The van der Waals surface area contributed by atoms with Crippen LogP contribution in [0, 0.1) is 5.82 Å². The molecule has 0 spiro atoms. The molecule has 1 rings (SSSR count). The van der Waals surface area contributed by atoms with Crippen LogP contribution in [0.15, 0.2) is 24.3 Å². The summed E-state index contributed by atoms with van der Waals surface area (Å²) in [6.07, 6.45) is 2.04. The van der Waals surface area contributed by atoms with Crippen molar-refractivity contribution in [2.45, 2.75) is 45.7 Å². The number of hydrogen-bond acceptors (Lipinski definition) is 2. The minimum absolute atomic E-state index is 0.105. The largest absolute Gasteiger partial charge is 0.307 e. The van der Waals surface area contributed by atoms with E-state index in [2.05, 4.69) is 26.1 Å². The van der Waals surface area contributed by atoms with Gasteiger partial charge >= 0.3 is 0 Å². The van der Waals surface area contributed by atoms with Crippen LogP contribution in [-0.4, -0.2) is 17.5 Å². The normalized spacial score (nSPS) is 14.4. The van der Waals surface area contributed by atoms with Crippen LogP contribution in [0.1, 0.15) is 45.2 Å². The van der Waals surface area contributed by atoms with Crippen LogP contribution in [0.3, 0.4) is 0 Å². The Hall–Kier alpha value is -0.540. The smallest absolute Gasteiger partial charge is 0.127 e. The fourth-order valence-electron chi connectivity index (χ4n) is 2.02. The first kappa shape index (κ1) is 15.5. The maximum Gasteiger partial charge on any atom is 0.127 e. The van der Waals surface area contributed by atoms with Crippen LogP contribution >= 0.6 is 11.8 Å². The SMILES string of the molecule is CCSCCC(C)NC(CC)c1ccccc1F. The lowest BCUT2D eigenvalue weighted by molar-refractivity contribution is 0.425. The zero-order valence-electron chi connectivity index (χ0n) is 11.6. The van der Waals surface area contributed by atoms with Gasteiger partial charge in [0.1, 0.15) is 5.82 Å². The molecule has 0 heterocycles. The molecule has 102 valence electrons. The molecule has 0 aliphatic rings. The van der Waals surface area contributed by atoms with E-state index in [0.717, 1.165) is 24.2 Å². The van der Waals surface area contributed by atoms with E-state index >= 15 is 0 Å². The Balaban J connectivity index is 2.54. The molecule has 1 aromatic rings. The van der Waals surface area contributed by atoms with Gasteiger partial charge in [-0.2, -0.15) is 11.8 Å². The van der Waals surface area contributed by atoms with Gasteiger partial charge in [0.15, 0.2) is 0 Å². The van der Waals surface area contributed by atoms with Gasteiger partial charge in [0.05, 0.1) is 0 Å². The van der Waals surface area contributed by atoms with Crippen molar-refractivity contribution in [3.8, 4) is 0 Å². The Morgan fingerprint density at radius 1 is 1.28 bits per heavy atom. The Labute approximate surface area is 115 Å².